The first-order valence-corrected chi connectivity index (χ1v) is 6.54. The summed E-state index contributed by atoms with van der Waals surface area (Å²) in [5, 5.41) is 11.2. The zero-order valence-corrected chi connectivity index (χ0v) is 12.3. The van der Waals surface area contributed by atoms with Gasteiger partial charge in [0.2, 0.25) is 5.96 Å². The number of carbonyl (C=O) groups is 2. The number of hydrogen-bond donors (Lipinski definition) is 3. The molecule has 0 aliphatic carbocycles. The lowest BCUT2D eigenvalue weighted by atomic mass is 10.1. The molecule has 0 aromatic heterocycles. The molecule has 0 saturated carbocycles. The summed E-state index contributed by atoms with van der Waals surface area (Å²) >= 11 is 11.8. The van der Waals surface area contributed by atoms with Crippen LogP contribution in [0.2, 0.25) is 10.0 Å². The van der Waals surface area contributed by atoms with Crippen molar-refractivity contribution in [1.29, 1.82) is 0 Å². The van der Waals surface area contributed by atoms with E-state index in [1.54, 1.807) is 18.2 Å². The second kappa shape index (κ2) is 8.46. The zero-order chi connectivity index (χ0) is 15.8. The molecule has 1 rings (SSSR count). The summed E-state index contributed by atoms with van der Waals surface area (Å²) in [6.45, 7) is -0.517. The molecule has 0 bridgehead atoms. The molecule has 114 valence electrons. The number of nitrogens with zero attached hydrogens (tertiary/aromatic N) is 1. The fraction of sp³-hybridized carbons (Fsp3) is 0.250. The fourth-order valence-electron chi connectivity index (χ4n) is 1.33. The van der Waals surface area contributed by atoms with Gasteiger partial charge in [0.1, 0.15) is 6.61 Å². The molecule has 0 fully saturated rings. The summed E-state index contributed by atoms with van der Waals surface area (Å²) in [4.78, 5) is 26.3. The van der Waals surface area contributed by atoms with E-state index in [0.717, 1.165) is 0 Å². The Morgan fingerprint density at radius 2 is 1.95 bits per heavy atom. The molecule has 2 amide bonds. The van der Waals surface area contributed by atoms with Gasteiger partial charge in [-0.25, -0.2) is 4.79 Å². The maximum absolute atomic E-state index is 11.7. The van der Waals surface area contributed by atoms with Crippen LogP contribution in [0.15, 0.2) is 23.2 Å². The van der Waals surface area contributed by atoms with Gasteiger partial charge in [-0.15, -0.1) is 0 Å². The minimum Gasteiger partial charge on any atom is -0.447 e. The number of hydrogen-bond acceptors (Lipinski definition) is 4. The van der Waals surface area contributed by atoms with Gasteiger partial charge in [-0.1, -0.05) is 29.3 Å². The average Bonchev–Trinajstić information content (AvgIpc) is 2.40. The highest BCUT2D eigenvalue weighted by Crippen LogP contribution is 2.24. The number of amides is 2. The molecule has 0 aliphatic heterocycles. The van der Waals surface area contributed by atoms with Gasteiger partial charge in [0.05, 0.1) is 13.0 Å². The summed E-state index contributed by atoms with van der Waals surface area (Å²) in [5.41, 5.74) is 5.79. The SMILES string of the molecule is NC(=NC(=O)Cc1c(Cl)cccc1Cl)NC(=O)OCCO. The number of nitrogens with two attached hydrogens (primary N) is 1. The van der Waals surface area contributed by atoms with Crippen LogP contribution in [0.3, 0.4) is 0 Å². The van der Waals surface area contributed by atoms with E-state index in [9.17, 15) is 9.59 Å². The first-order valence-electron chi connectivity index (χ1n) is 5.78. The maximum Gasteiger partial charge on any atom is 0.414 e. The molecule has 0 spiro atoms. The Kier molecular flexibility index (Phi) is 6.93. The van der Waals surface area contributed by atoms with Crippen molar-refractivity contribution in [2.45, 2.75) is 6.42 Å². The monoisotopic (exact) mass is 333 g/mol. The van der Waals surface area contributed by atoms with Crippen molar-refractivity contribution < 1.29 is 19.4 Å². The maximum atomic E-state index is 11.7. The van der Waals surface area contributed by atoms with E-state index in [1.165, 1.54) is 0 Å². The largest absolute Gasteiger partial charge is 0.447 e. The predicted octanol–water partition coefficient (Wildman–Crippen LogP) is 1.10. The quantitative estimate of drug-likeness (QED) is 0.563. The second-order valence-electron chi connectivity index (χ2n) is 3.75. The lowest BCUT2D eigenvalue weighted by Crippen LogP contribution is -2.38. The van der Waals surface area contributed by atoms with Crippen LogP contribution in [0.1, 0.15) is 5.56 Å². The molecule has 0 aliphatic rings. The van der Waals surface area contributed by atoms with Crippen molar-refractivity contribution in [3.8, 4) is 0 Å². The van der Waals surface area contributed by atoms with E-state index in [4.69, 9.17) is 34.0 Å². The number of carbonyl (C=O) groups excluding carboxylic acids is 2. The van der Waals surface area contributed by atoms with Crippen molar-refractivity contribution >= 4 is 41.2 Å². The normalized spacial score (nSPS) is 11.1. The van der Waals surface area contributed by atoms with Gasteiger partial charge in [-0.3, -0.25) is 10.1 Å². The van der Waals surface area contributed by atoms with Crippen LogP contribution in [-0.2, 0) is 16.0 Å². The topological polar surface area (TPSA) is 114 Å². The number of benzene rings is 1. The van der Waals surface area contributed by atoms with Gasteiger partial charge in [0, 0.05) is 10.0 Å². The summed E-state index contributed by atoms with van der Waals surface area (Å²) in [7, 11) is 0. The van der Waals surface area contributed by atoms with Gasteiger partial charge in [0.25, 0.3) is 5.91 Å². The molecule has 21 heavy (non-hydrogen) atoms. The number of alkyl carbamates (subject to hydrolysis) is 1. The van der Waals surface area contributed by atoms with Gasteiger partial charge in [0.15, 0.2) is 0 Å². The third-order valence-electron chi connectivity index (χ3n) is 2.19. The van der Waals surface area contributed by atoms with E-state index in [-0.39, 0.29) is 19.6 Å². The van der Waals surface area contributed by atoms with Gasteiger partial charge in [-0.2, -0.15) is 4.99 Å². The molecule has 0 saturated heterocycles. The summed E-state index contributed by atoms with van der Waals surface area (Å²) in [5.74, 6) is -1.06. The zero-order valence-electron chi connectivity index (χ0n) is 10.8. The number of aliphatic imine (C=N–C) groups is 1. The highest BCUT2D eigenvalue weighted by Gasteiger charge is 2.11. The molecule has 0 unspecified atom stereocenters. The Morgan fingerprint density at radius 3 is 2.52 bits per heavy atom. The number of ether oxygens (including phenoxy) is 1. The molecular formula is C12H13Cl2N3O4. The first kappa shape index (κ1) is 17.2. The third-order valence-corrected chi connectivity index (χ3v) is 2.90. The molecule has 0 heterocycles. The summed E-state index contributed by atoms with van der Waals surface area (Å²) in [6, 6.07) is 4.83. The molecule has 1 aromatic carbocycles. The Morgan fingerprint density at radius 1 is 1.33 bits per heavy atom. The number of aliphatic hydroxyl groups is 1. The highest BCUT2D eigenvalue weighted by atomic mass is 35.5. The molecule has 1 aromatic rings. The highest BCUT2D eigenvalue weighted by molar-refractivity contribution is 6.36. The van der Waals surface area contributed by atoms with Gasteiger partial charge >= 0.3 is 6.09 Å². The third kappa shape index (κ3) is 5.99. The van der Waals surface area contributed by atoms with Gasteiger partial charge < -0.3 is 15.6 Å². The molecule has 4 N–H and O–H groups in total. The second-order valence-corrected chi connectivity index (χ2v) is 4.57. The summed E-state index contributed by atoms with van der Waals surface area (Å²) < 4.78 is 4.49. The average molecular weight is 334 g/mol. The van der Waals surface area contributed by atoms with Crippen LogP contribution in [0, 0.1) is 0 Å². The minimum atomic E-state index is -0.922. The van der Waals surface area contributed by atoms with Crippen LogP contribution < -0.4 is 11.1 Å². The van der Waals surface area contributed by atoms with Crippen molar-refractivity contribution in [3.63, 3.8) is 0 Å². The van der Waals surface area contributed by atoms with Crippen LogP contribution in [0.4, 0.5) is 4.79 Å². The number of nitrogens with one attached hydrogen (secondary N) is 1. The fourth-order valence-corrected chi connectivity index (χ4v) is 1.86. The molecule has 9 heteroatoms. The van der Waals surface area contributed by atoms with Crippen LogP contribution >= 0.6 is 23.2 Å². The molecule has 0 radical (unpaired) electrons. The van der Waals surface area contributed by atoms with E-state index < -0.39 is 18.0 Å². The van der Waals surface area contributed by atoms with E-state index in [2.05, 4.69) is 9.73 Å². The molecule has 0 atom stereocenters. The number of aliphatic hydroxyl groups excluding tert-OH is 1. The Bertz CT molecular complexity index is 543. The van der Waals surface area contributed by atoms with Crippen molar-refractivity contribution in [2.75, 3.05) is 13.2 Å². The Hall–Kier alpha value is -1.83. The van der Waals surface area contributed by atoms with Crippen LogP contribution in [0.5, 0.6) is 0 Å². The first-order chi connectivity index (χ1) is 9.93. The van der Waals surface area contributed by atoms with Crippen LogP contribution in [0.25, 0.3) is 0 Å². The molecular weight excluding hydrogens is 321 g/mol. The number of rotatable bonds is 4. The number of guanidine groups is 1. The predicted molar refractivity (Wildman–Crippen MR) is 78.4 cm³/mol. The van der Waals surface area contributed by atoms with E-state index >= 15 is 0 Å². The Balaban J connectivity index is 2.63. The van der Waals surface area contributed by atoms with Crippen molar-refractivity contribution in [2.24, 2.45) is 10.7 Å². The van der Waals surface area contributed by atoms with E-state index in [1.807, 2.05) is 5.32 Å². The van der Waals surface area contributed by atoms with Crippen LogP contribution in [-0.4, -0.2) is 36.3 Å². The number of halogens is 2. The lowest BCUT2D eigenvalue weighted by molar-refractivity contribution is -0.117. The van der Waals surface area contributed by atoms with Crippen molar-refractivity contribution in [3.05, 3.63) is 33.8 Å². The van der Waals surface area contributed by atoms with Crippen molar-refractivity contribution in [1.82, 2.24) is 5.32 Å². The lowest BCUT2D eigenvalue weighted by Gasteiger charge is -2.06. The standard InChI is InChI=1S/C12H13Cl2N3O4/c13-8-2-1-3-9(14)7(8)6-10(19)16-11(15)17-12(20)21-5-4-18/h1-3,18H,4-6H2,(H3,15,16,17,19,20). The Labute approximate surface area is 130 Å². The minimum absolute atomic E-state index is 0.160. The van der Waals surface area contributed by atoms with E-state index in [0.29, 0.717) is 15.6 Å². The van der Waals surface area contributed by atoms with Gasteiger partial charge in [-0.05, 0) is 17.7 Å². The summed E-state index contributed by atoms with van der Waals surface area (Å²) in [6.07, 6.45) is -1.08. The molecule has 7 nitrogen and oxygen atoms in total. The smallest absolute Gasteiger partial charge is 0.414 e.